The van der Waals surface area contributed by atoms with E-state index in [2.05, 4.69) is 11.4 Å². The van der Waals surface area contributed by atoms with Gasteiger partial charge in [-0.3, -0.25) is 0 Å². The minimum absolute atomic E-state index is 0.283. The van der Waals surface area contributed by atoms with Gasteiger partial charge in [-0.05, 0) is 49.3 Å². The van der Waals surface area contributed by atoms with Crippen LogP contribution in [-0.4, -0.2) is 18.3 Å². The highest BCUT2D eigenvalue weighted by atomic mass is 16.3. The van der Waals surface area contributed by atoms with Gasteiger partial charge < -0.3 is 10.4 Å². The van der Waals surface area contributed by atoms with Crippen molar-refractivity contribution in [2.24, 2.45) is 11.8 Å². The summed E-state index contributed by atoms with van der Waals surface area (Å²) in [5.74, 6) is 0.955. The zero-order chi connectivity index (χ0) is 13.0. The van der Waals surface area contributed by atoms with Gasteiger partial charge >= 0.3 is 0 Å². The molecule has 96 valence electrons. The number of hydrogen-bond donors (Lipinski definition) is 2. The molecular weight excluding hydrogens is 224 g/mol. The Balaban J connectivity index is 2.00. The number of benzene rings is 1. The SMILES string of the molecule is Cc1ccc(NCC2CCCC2CO)c(C#N)c1. The van der Waals surface area contributed by atoms with E-state index in [0.29, 0.717) is 17.4 Å². The Bertz CT molecular complexity index is 450. The van der Waals surface area contributed by atoms with E-state index in [0.717, 1.165) is 24.2 Å². The van der Waals surface area contributed by atoms with Crippen molar-refractivity contribution in [2.75, 3.05) is 18.5 Å². The van der Waals surface area contributed by atoms with Crippen molar-refractivity contribution in [3.8, 4) is 6.07 Å². The third kappa shape index (κ3) is 2.83. The lowest BCUT2D eigenvalue weighted by Gasteiger charge is -2.19. The van der Waals surface area contributed by atoms with E-state index in [4.69, 9.17) is 5.26 Å². The fourth-order valence-corrected chi connectivity index (χ4v) is 2.77. The van der Waals surface area contributed by atoms with Crippen molar-refractivity contribution in [2.45, 2.75) is 26.2 Å². The van der Waals surface area contributed by atoms with E-state index in [1.54, 1.807) is 0 Å². The molecule has 3 nitrogen and oxygen atoms in total. The van der Waals surface area contributed by atoms with Gasteiger partial charge in [-0.25, -0.2) is 0 Å². The summed E-state index contributed by atoms with van der Waals surface area (Å²) in [6.45, 7) is 3.12. The predicted octanol–water partition coefficient (Wildman–Crippen LogP) is 2.69. The highest BCUT2D eigenvalue weighted by Crippen LogP contribution is 2.31. The molecule has 1 aromatic rings. The minimum atomic E-state index is 0.283. The molecule has 0 aliphatic heterocycles. The van der Waals surface area contributed by atoms with Crippen LogP contribution in [0, 0.1) is 30.1 Å². The second-order valence-electron chi connectivity index (χ2n) is 5.18. The molecule has 0 heterocycles. The Morgan fingerprint density at radius 2 is 2.17 bits per heavy atom. The standard InChI is InChI=1S/C15H20N2O/c1-11-5-6-15(14(7-11)8-16)17-9-12-3-2-4-13(12)10-18/h5-7,12-13,17-18H,2-4,9-10H2,1H3. The molecule has 2 atom stereocenters. The molecule has 0 saturated heterocycles. The van der Waals surface area contributed by atoms with Gasteiger partial charge in [-0.1, -0.05) is 12.5 Å². The van der Waals surface area contributed by atoms with Crippen LogP contribution >= 0.6 is 0 Å². The van der Waals surface area contributed by atoms with Crippen molar-refractivity contribution in [3.63, 3.8) is 0 Å². The molecule has 0 bridgehead atoms. The molecule has 1 aliphatic rings. The highest BCUT2D eigenvalue weighted by Gasteiger charge is 2.26. The third-order valence-electron chi connectivity index (χ3n) is 3.90. The molecule has 0 spiro atoms. The number of nitriles is 1. The van der Waals surface area contributed by atoms with Gasteiger partial charge in [0, 0.05) is 13.2 Å². The molecule has 1 fully saturated rings. The lowest BCUT2D eigenvalue weighted by atomic mass is 9.96. The van der Waals surface area contributed by atoms with Crippen LogP contribution in [0.3, 0.4) is 0 Å². The fourth-order valence-electron chi connectivity index (χ4n) is 2.77. The van der Waals surface area contributed by atoms with Gasteiger partial charge in [-0.2, -0.15) is 5.26 Å². The molecule has 0 radical (unpaired) electrons. The zero-order valence-electron chi connectivity index (χ0n) is 10.8. The topological polar surface area (TPSA) is 56.0 Å². The van der Waals surface area contributed by atoms with Gasteiger partial charge in [0.1, 0.15) is 6.07 Å². The molecule has 1 saturated carbocycles. The van der Waals surface area contributed by atoms with Crippen LogP contribution in [0.5, 0.6) is 0 Å². The Labute approximate surface area is 108 Å². The van der Waals surface area contributed by atoms with Gasteiger partial charge in [-0.15, -0.1) is 0 Å². The summed E-state index contributed by atoms with van der Waals surface area (Å²) in [5, 5.41) is 21.8. The number of aliphatic hydroxyl groups excluding tert-OH is 1. The third-order valence-corrected chi connectivity index (χ3v) is 3.90. The van der Waals surface area contributed by atoms with E-state index < -0.39 is 0 Å². The van der Waals surface area contributed by atoms with Crippen LogP contribution in [0.4, 0.5) is 5.69 Å². The second kappa shape index (κ2) is 5.88. The van der Waals surface area contributed by atoms with Crippen LogP contribution in [0.2, 0.25) is 0 Å². The first kappa shape index (κ1) is 12.9. The first-order valence-electron chi connectivity index (χ1n) is 6.60. The van der Waals surface area contributed by atoms with Crippen molar-refractivity contribution < 1.29 is 5.11 Å². The van der Waals surface area contributed by atoms with Crippen LogP contribution in [0.1, 0.15) is 30.4 Å². The summed E-state index contributed by atoms with van der Waals surface area (Å²) < 4.78 is 0. The Kier molecular flexibility index (Phi) is 4.22. The maximum atomic E-state index is 9.29. The Hall–Kier alpha value is -1.53. The smallest absolute Gasteiger partial charge is 0.101 e. The normalized spacial score (nSPS) is 22.7. The molecule has 0 aromatic heterocycles. The van der Waals surface area contributed by atoms with Gasteiger partial charge in [0.2, 0.25) is 0 Å². The van der Waals surface area contributed by atoms with E-state index in [1.165, 1.54) is 12.8 Å². The van der Waals surface area contributed by atoms with E-state index in [9.17, 15) is 5.11 Å². The number of hydrogen-bond acceptors (Lipinski definition) is 3. The van der Waals surface area contributed by atoms with Crippen molar-refractivity contribution >= 4 is 5.69 Å². The zero-order valence-corrected chi connectivity index (χ0v) is 10.8. The van der Waals surface area contributed by atoms with E-state index >= 15 is 0 Å². The minimum Gasteiger partial charge on any atom is -0.396 e. The maximum absolute atomic E-state index is 9.29. The summed E-state index contributed by atoms with van der Waals surface area (Å²) in [6, 6.07) is 8.11. The number of nitrogens with zero attached hydrogens (tertiary/aromatic N) is 1. The van der Waals surface area contributed by atoms with Crippen molar-refractivity contribution in [1.82, 2.24) is 0 Å². The quantitative estimate of drug-likeness (QED) is 0.856. The highest BCUT2D eigenvalue weighted by molar-refractivity contribution is 5.58. The summed E-state index contributed by atoms with van der Waals surface area (Å²) in [7, 11) is 0. The second-order valence-corrected chi connectivity index (χ2v) is 5.18. The number of rotatable bonds is 4. The van der Waals surface area contributed by atoms with Gasteiger partial charge in [0.05, 0.1) is 11.3 Å². The summed E-state index contributed by atoms with van der Waals surface area (Å²) in [4.78, 5) is 0. The van der Waals surface area contributed by atoms with Crippen molar-refractivity contribution in [1.29, 1.82) is 5.26 Å². The predicted molar refractivity (Wildman–Crippen MR) is 72.3 cm³/mol. The molecule has 1 aromatic carbocycles. The number of aryl methyl sites for hydroxylation is 1. The van der Waals surface area contributed by atoms with Crippen LogP contribution in [-0.2, 0) is 0 Å². The summed E-state index contributed by atoms with van der Waals surface area (Å²) >= 11 is 0. The molecule has 2 unspecified atom stereocenters. The maximum Gasteiger partial charge on any atom is 0.101 e. The summed E-state index contributed by atoms with van der Waals surface area (Å²) in [6.07, 6.45) is 3.50. The van der Waals surface area contributed by atoms with E-state index in [1.807, 2.05) is 25.1 Å². The fraction of sp³-hybridized carbons (Fsp3) is 0.533. The molecule has 18 heavy (non-hydrogen) atoms. The average Bonchev–Trinajstić information content (AvgIpc) is 2.84. The summed E-state index contributed by atoms with van der Waals surface area (Å²) in [5.41, 5.74) is 2.71. The molecule has 2 rings (SSSR count). The average molecular weight is 244 g/mol. The lowest BCUT2D eigenvalue weighted by molar-refractivity contribution is 0.199. The van der Waals surface area contributed by atoms with Gasteiger partial charge in [0.15, 0.2) is 0 Å². The van der Waals surface area contributed by atoms with Gasteiger partial charge in [0.25, 0.3) is 0 Å². The van der Waals surface area contributed by atoms with Crippen LogP contribution in [0.25, 0.3) is 0 Å². The largest absolute Gasteiger partial charge is 0.396 e. The molecule has 1 aliphatic carbocycles. The molecule has 3 heteroatoms. The first-order chi connectivity index (χ1) is 8.74. The molecular formula is C15H20N2O. The first-order valence-corrected chi connectivity index (χ1v) is 6.60. The number of nitrogens with one attached hydrogen (secondary N) is 1. The molecule has 2 N–H and O–H groups in total. The number of anilines is 1. The molecule has 0 amide bonds. The van der Waals surface area contributed by atoms with Crippen LogP contribution < -0.4 is 5.32 Å². The monoisotopic (exact) mass is 244 g/mol. The van der Waals surface area contributed by atoms with Crippen molar-refractivity contribution in [3.05, 3.63) is 29.3 Å². The number of aliphatic hydroxyl groups is 1. The van der Waals surface area contributed by atoms with E-state index in [-0.39, 0.29) is 6.61 Å². The lowest BCUT2D eigenvalue weighted by Crippen LogP contribution is -2.21. The Morgan fingerprint density at radius 1 is 1.39 bits per heavy atom. The Morgan fingerprint density at radius 3 is 2.89 bits per heavy atom. The van der Waals surface area contributed by atoms with Crippen LogP contribution in [0.15, 0.2) is 18.2 Å².